The summed E-state index contributed by atoms with van der Waals surface area (Å²) in [5.74, 6) is -2.62. The SMILES string of the molecule is Cl.NCCC/C=C(\F)C(=O)O. The van der Waals surface area contributed by atoms with Crippen molar-refractivity contribution < 1.29 is 14.3 Å². The summed E-state index contributed by atoms with van der Waals surface area (Å²) in [6, 6.07) is 0. The van der Waals surface area contributed by atoms with Crippen LogP contribution in [0.15, 0.2) is 11.9 Å². The lowest BCUT2D eigenvalue weighted by atomic mass is 10.3. The number of hydrogen-bond acceptors (Lipinski definition) is 2. The summed E-state index contributed by atoms with van der Waals surface area (Å²) in [5.41, 5.74) is 5.09. The van der Waals surface area contributed by atoms with Crippen LogP contribution >= 0.6 is 12.4 Å². The van der Waals surface area contributed by atoms with Gasteiger partial charge in [0.2, 0.25) is 5.83 Å². The number of carboxylic acids is 1. The average Bonchev–Trinajstić information content (AvgIpc) is 1.88. The van der Waals surface area contributed by atoms with Gasteiger partial charge in [0.15, 0.2) is 0 Å². The molecule has 0 spiro atoms. The highest BCUT2D eigenvalue weighted by Crippen LogP contribution is 1.99. The van der Waals surface area contributed by atoms with Crippen LogP contribution in [-0.4, -0.2) is 17.6 Å². The van der Waals surface area contributed by atoms with E-state index < -0.39 is 11.8 Å². The summed E-state index contributed by atoms with van der Waals surface area (Å²) in [7, 11) is 0. The van der Waals surface area contributed by atoms with Crippen molar-refractivity contribution in [3.8, 4) is 0 Å². The molecule has 0 aromatic carbocycles. The first-order valence-electron chi connectivity index (χ1n) is 2.97. The largest absolute Gasteiger partial charge is 0.476 e. The summed E-state index contributed by atoms with van der Waals surface area (Å²) >= 11 is 0. The van der Waals surface area contributed by atoms with Crippen LogP contribution in [0.4, 0.5) is 4.39 Å². The second kappa shape index (κ2) is 7.50. The number of rotatable bonds is 4. The summed E-state index contributed by atoms with van der Waals surface area (Å²) < 4.78 is 12.1. The second-order valence-corrected chi connectivity index (χ2v) is 1.79. The molecule has 0 saturated carbocycles. The zero-order valence-electron chi connectivity index (χ0n) is 5.92. The van der Waals surface area contributed by atoms with E-state index in [1.165, 1.54) is 0 Å². The number of allylic oxidation sites excluding steroid dienone is 1. The molecule has 0 bridgehead atoms. The minimum absolute atomic E-state index is 0. The summed E-state index contributed by atoms with van der Waals surface area (Å²) in [6.07, 6.45) is 2.02. The van der Waals surface area contributed by atoms with E-state index in [1.54, 1.807) is 0 Å². The van der Waals surface area contributed by atoms with Crippen molar-refractivity contribution in [3.05, 3.63) is 11.9 Å². The van der Waals surface area contributed by atoms with E-state index in [1.807, 2.05) is 0 Å². The van der Waals surface area contributed by atoms with Crippen LogP contribution in [0.2, 0.25) is 0 Å². The zero-order valence-corrected chi connectivity index (χ0v) is 6.73. The predicted octanol–water partition coefficient (Wildman–Crippen LogP) is 1.09. The zero-order chi connectivity index (χ0) is 7.98. The molecular weight excluding hydrogens is 173 g/mol. The van der Waals surface area contributed by atoms with Gasteiger partial charge in [-0.1, -0.05) is 0 Å². The van der Waals surface area contributed by atoms with Crippen molar-refractivity contribution in [2.45, 2.75) is 12.8 Å². The lowest BCUT2D eigenvalue weighted by Gasteiger charge is -1.89. The van der Waals surface area contributed by atoms with Crippen LogP contribution < -0.4 is 5.73 Å². The first-order chi connectivity index (χ1) is 4.68. The molecule has 3 nitrogen and oxygen atoms in total. The summed E-state index contributed by atoms with van der Waals surface area (Å²) in [6.45, 7) is 0.448. The van der Waals surface area contributed by atoms with E-state index in [4.69, 9.17) is 10.8 Å². The number of hydrogen-bond donors (Lipinski definition) is 2. The standard InChI is InChI=1S/C6H10FNO2.ClH/c7-5(6(9)10)3-1-2-4-8;/h3H,1-2,4,8H2,(H,9,10);1H/b5-3-;. The van der Waals surface area contributed by atoms with Gasteiger partial charge < -0.3 is 10.8 Å². The molecule has 11 heavy (non-hydrogen) atoms. The lowest BCUT2D eigenvalue weighted by molar-refractivity contribution is -0.134. The van der Waals surface area contributed by atoms with Crippen molar-refractivity contribution in [1.29, 1.82) is 0 Å². The Bertz CT molecular complexity index is 150. The molecule has 0 fully saturated rings. The third-order valence-electron chi connectivity index (χ3n) is 0.936. The molecule has 0 atom stereocenters. The van der Waals surface area contributed by atoms with Crippen LogP contribution in [0.3, 0.4) is 0 Å². The van der Waals surface area contributed by atoms with E-state index in [-0.39, 0.29) is 12.4 Å². The maximum atomic E-state index is 12.1. The van der Waals surface area contributed by atoms with Crippen molar-refractivity contribution in [2.75, 3.05) is 6.54 Å². The Balaban J connectivity index is 0. The van der Waals surface area contributed by atoms with Gasteiger partial charge in [-0.2, -0.15) is 4.39 Å². The minimum atomic E-state index is -1.52. The molecule has 0 aliphatic heterocycles. The Morgan fingerprint density at radius 2 is 2.18 bits per heavy atom. The van der Waals surface area contributed by atoms with Gasteiger partial charge in [0.1, 0.15) is 0 Å². The number of nitrogens with two attached hydrogens (primary N) is 1. The molecule has 0 aromatic heterocycles. The maximum absolute atomic E-state index is 12.1. The minimum Gasteiger partial charge on any atom is -0.476 e. The monoisotopic (exact) mass is 183 g/mol. The number of carboxylic acid groups (broad SMARTS) is 1. The molecule has 0 aliphatic rings. The molecule has 0 unspecified atom stereocenters. The Kier molecular flexibility index (Phi) is 8.87. The normalized spacial score (nSPS) is 10.5. The number of unbranched alkanes of at least 4 members (excludes halogenated alkanes) is 1. The molecular formula is C6H11ClFNO2. The van der Waals surface area contributed by atoms with Crippen LogP contribution in [0, 0.1) is 0 Å². The van der Waals surface area contributed by atoms with E-state index in [2.05, 4.69) is 0 Å². The molecule has 0 aliphatic carbocycles. The van der Waals surface area contributed by atoms with E-state index in [0.717, 1.165) is 6.08 Å². The average molecular weight is 184 g/mol. The Morgan fingerprint density at radius 1 is 1.64 bits per heavy atom. The third kappa shape index (κ3) is 7.29. The molecule has 0 amide bonds. The quantitative estimate of drug-likeness (QED) is 0.507. The highest BCUT2D eigenvalue weighted by atomic mass is 35.5. The number of carbonyl (C=O) groups is 1. The van der Waals surface area contributed by atoms with Gasteiger partial charge in [-0.3, -0.25) is 0 Å². The fourth-order valence-electron chi connectivity index (χ4n) is 0.434. The molecule has 0 heterocycles. The first kappa shape index (κ1) is 13.0. The fraction of sp³-hybridized carbons (Fsp3) is 0.500. The van der Waals surface area contributed by atoms with Crippen molar-refractivity contribution in [1.82, 2.24) is 0 Å². The van der Waals surface area contributed by atoms with Gasteiger partial charge in [0.05, 0.1) is 0 Å². The van der Waals surface area contributed by atoms with E-state index >= 15 is 0 Å². The molecule has 0 radical (unpaired) electrons. The van der Waals surface area contributed by atoms with Crippen LogP contribution in [0.25, 0.3) is 0 Å². The third-order valence-corrected chi connectivity index (χ3v) is 0.936. The molecule has 0 saturated heterocycles. The van der Waals surface area contributed by atoms with Crippen LogP contribution in [0.5, 0.6) is 0 Å². The van der Waals surface area contributed by atoms with Gasteiger partial charge in [0.25, 0.3) is 0 Å². The maximum Gasteiger partial charge on any atom is 0.364 e. The summed E-state index contributed by atoms with van der Waals surface area (Å²) in [4.78, 5) is 9.82. The lowest BCUT2D eigenvalue weighted by Crippen LogP contribution is -1.98. The molecule has 0 rings (SSSR count). The first-order valence-corrected chi connectivity index (χ1v) is 2.97. The Hall–Kier alpha value is -0.610. The molecule has 3 N–H and O–H groups in total. The Labute approximate surface area is 70.5 Å². The topological polar surface area (TPSA) is 63.3 Å². The smallest absolute Gasteiger partial charge is 0.364 e. The fourth-order valence-corrected chi connectivity index (χ4v) is 0.434. The van der Waals surface area contributed by atoms with Gasteiger partial charge >= 0.3 is 5.97 Å². The number of aliphatic carboxylic acids is 1. The van der Waals surface area contributed by atoms with Crippen molar-refractivity contribution >= 4 is 18.4 Å². The van der Waals surface area contributed by atoms with Crippen LogP contribution in [-0.2, 0) is 4.79 Å². The van der Waals surface area contributed by atoms with E-state index in [0.29, 0.717) is 19.4 Å². The van der Waals surface area contributed by atoms with Crippen molar-refractivity contribution in [3.63, 3.8) is 0 Å². The highest BCUT2D eigenvalue weighted by Gasteiger charge is 2.02. The van der Waals surface area contributed by atoms with Gasteiger partial charge in [-0.15, -0.1) is 12.4 Å². The summed E-state index contributed by atoms with van der Waals surface area (Å²) in [5, 5.41) is 8.01. The molecule has 0 aromatic rings. The van der Waals surface area contributed by atoms with Crippen LogP contribution in [0.1, 0.15) is 12.8 Å². The van der Waals surface area contributed by atoms with Gasteiger partial charge in [-0.25, -0.2) is 4.79 Å². The second-order valence-electron chi connectivity index (χ2n) is 1.79. The Morgan fingerprint density at radius 3 is 2.55 bits per heavy atom. The molecule has 66 valence electrons. The number of halogens is 2. The predicted molar refractivity (Wildman–Crippen MR) is 42.4 cm³/mol. The van der Waals surface area contributed by atoms with Gasteiger partial charge in [0, 0.05) is 0 Å². The van der Waals surface area contributed by atoms with Gasteiger partial charge in [-0.05, 0) is 25.5 Å². The molecule has 5 heteroatoms. The van der Waals surface area contributed by atoms with Crippen molar-refractivity contribution in [2.24, 2.45) is 5.73 Å². The highest BCUT2D eigenvalue weighted by molar-refractivity contribution is 5.85. The van der Waals surface area contributed by atoms with E-state index in [9.17, 15) is 9.18 Å².